The highest BCUT2D eigenvalue weighted by molar-refractivity contribution is 7.78. The van der Waals surface area contributed by atoms with Gasteiger partial charge in [0.25, 0.3) is 0 Å². The van der Waals surface area contributed by atoms with Gasteiger partial charge in [0.05, 0.1) is 17.2 Å². The van der Waals surface area contributed by atoms with Crippen LogP contribution in [0.15, 0.2) is 24.8 Å². The maximum Gasteiger partial charge on any atom is 0.106 e. The summed E-state index contributed by atoms with van der Waals surface area (Å²) in [5.74, 6) is 0. The van der Waals surface area contributed by atoms with Crippen molar-refractivity contribution in [1.82, 2.24) is 13.9 Å². The van der Waals surface area contributed by atoms with E-state index < -0.39 is 0 Å². The molecule has 0 amide bonds. The predicted molar refractivity (Wildman–Crippen MR) is 41.9 cm³/mol. The van der Waals surface area contributed by atoms with E-state index in [1.54, 1.807) is 22.7 Å². The van der Waals surface area contributed by atoms with Crippen molar-refractivity contribution in [2.24, 2.45) is 0 Å². The van der Waals surface area contributed by atoms with Gasteiger partial charge in [0, 0.05) is 6.20 Å². The van der Waals surface area contributed by atoms with Crippen molar-refractivity contribution in [2.75, 3.05) is 0 Å². The predicted octanol–water partition coefficient (Wildman–Crippen LogP) is 1.12. The lowest BCUT2D eigenvalue weighted by molar-refractivity contribution is 1.27. The Morgan fingerprint density at radius 1 is 1.50 bits per heavy atom. The van der Waals surface area contributed by atoms with Gasteiger partial charge in [-0.25, -0.2) is 4.98 Å². The van der Waals surface area contributed by atoms with Crippen LogP contribution in [-0.4, -0.2) is 13.9 Å². The average molecular weight is 151 g/mol. The van der Waals surface area contributed by atoms with E-state index in [4.69, 9.17) is 0 Å². The summed E-state index contributed by atoms with van der Waals surface area (Å²) in [5.41, 5.74) is 1.86. The Bertz CT molecular complexity index is 355. The molecule has 0 aromatic carbocycles. The summed E-state index contributed by atoms with van der Waals surface area (Å²) in [7, 11) is 0. The molecule has 0 radical (unpaired) electrons. The molecule has 0 spiro atoms. The summed E-state index contributed by atoms with van der Waals surface area (Å²) in [6.07, 6.45) is 5.09. The number of imidazole rings is 1. The molecule has 2 rings (SSSR count). The summed E-state index contributed by atoms with van der Waals surface area (Å²) >= 11 is 4.12. The van der Waals surface area contributed by atoms with Crippen LogP contribution in [0.5, 0.6) is 0 Å². The van der Waals surface area contributed by atoms with Gasteiger partial charge in [0.15, 0.2) is 0 Å². The quantitative estimate of drug-likeness (QED) is 0.572. The molecule has 0 aliphatic rings. The fourth-order valence-electron chi connectivity index (χ4n) is 0.844. The first-order valence-electron chi connectivity index (χ1n) is 2.84. The molecule has 4 heteroatoms. The first kappa shape index (κ1) is 5.73. The van der Waals surface area contributed by atoms with E-state index in [0.29, 0.717) is 0 Å². The van der Waals surface area contributed by atoms with Gasteiger partial charge in [-0.2, -0.15) is 0 Å². The molecule has 0 aliphatic heterocycles. The summed E-state index contributed by atoms with van der Waals surface area (Å²) < 4.78 is 1.64. The zero-order valence-electron chi connectivity index (χ0n) is 5.10. The van der Waals surface area contributed by atoms with E-state index in [0.717, 1.165) is 11.0 Å². The standard InChI is InChI=1S/C6H5N3S/c10-9-4-8-5-1-2-7-3-6(5)9/h1-4,10H. The third kappa shape index (κ3) is 0.690. The molecular formula is C6H5N3S. The van der Waals surface area contributed by atoms with E-state index in [-0.39, 0.29) is 0 Å². The molecule has 2 heterocycles. The summed E-state index contributed by atoms with van der Waals surface area (Å²) in [6, 6.07) is 1.85. The number of hydrogen-bond donors (Lipinski definition) is 1. The molecule has 3 nitrogen and oxygen atoms in total. The van der Waals surface area contributed by atoms with Crippen LogP contribution in [0.4, 0.5) is 0 Å². The van der Waals surface area contributed by atoms with Crippen LogP contribution in [-0.2, 0) is 0 Å². The second kappa shape index (κ2) is 1.98. The van der Waals surface area contributed by atoms with Gasteiger partial charge < -0.3 is 0 Å². The van der Waals surface area contributed by atoms with Crippen LogP contribution in [0.25, 0.3) is 11.0 Å². The molecule has 0 aliphatic carbocycles. The number of fused-ring (bicyclic) bond motifs is 1. The molecule has 2 aromatic heterocycles. The number of aromatic nitrogens is 3. The largest absolute Gasteiger partial charge is 0.273 e. The topological polar surface area (TPSA) is 30.7 Å². The summed E-state index contributed by atoms with van der Waals surface area (Å²) in [4.78, 5) is 8.00. The van der Waals surface area contributed by atoms with Crippen LogP contribution >= 0.6 is 12.8 Å². The molecule has 0 unspecified atom stereocenters. The fraction of sp³-hybridized carbons (Fsp3) is 0. The van der Waals surface area contributed by atoms with Crippen LogP contribution in [0.2, 0.25) is 0 Å². The van der Waals surface area contributed by atoms with Crippen molar-refractivity contribution >= 4 is 23.8 Å². The number of hydrogen-bond acceptors (Lipinski definition) is 3. The summed E-state index contributed by atoms with van der Waals surface area (Å²) in [5, 5.41) is 0. The highest BCUT2D eigenvalue weighted by atomic mass is 32.1. The Balaban J connectivity index is 2.93. The zero-order valence-corrected chi connectivity index (χ0v) is 5.99. The first-order valence-corrected chi connectivity index (χ1v) is 3.24. The van der Waals surface area contributed by atoms with E-state index in [1.807, 2.05) is 6.07 Å². The Kier molecular flexibility index (Phi) is 1.14. The van der Waals surface area contributed by atoms with Gasteiger partial charge in [-0.05, 0) is 6.07 Å². The van der Waals surface area contributed by atoms with Crippen molar-refractivity contribution in [2.45, 2.75) is 0 Å². The maximum atomic E-state index is 4.12. The highest BCUT2D eigenvalue weighted by Crippen LogP contribution is 2.09. The van der Waals surface area contributed by atoms with E-state index >= 15 is 0 Å². The lowest BCUT2D eigenvalue weighted by Crippen LogP contribution is -1.76. The van der Waals surface area contributed by atoms with Crippen LogP contribution in [0.3, 0.4) is 0 Å². The second-order valence-electron chi connectivity index (χ2n) is 1.95. The van der Waals surface area contributed by atoms with Gasteiger partial charge in [0.2, 0.25) is 0 Å². The fourth-order valence-corrected chi connectivity index (χ4v) is 1.05. The number of nitrogens with zero attached hydrogens (tertiary/aromatic N) is 3. The molecule has 0 saturated heterocycles. The molecule has 0 saturated carbocycles. The van der Waals surface area contributed by atoms with Crippen molar-refractivity contribution in [3.63, 3.8) is 0 Å². The van der Waals surface area contributed by atoms with Gasteiger partial charge >= 0.3 is 0 Å². The van der Waals surface area contributed by atoms with E-state index in [2.05, 4.69) is 22.8 Å². The normalized spacial score (nSPS) is 10.5. The minimum Gasteiger partial charge on any atom is -0.273 e. The minimum absolute atomic E-state index is 0.921. The van der Waals surface area contributed by atoms with Gasteiger partial charge in [-0.1, -0.05) is 12.8 Å². The van der Waals surface area contributed by atoms with Crippen LogP contribution in [0.1, 0.15) is 0 Å². The van der Waals surface area contributed by atoms with E-state index in [9.17, 15) is 0 Å². The Morgan fingerprint density at radius 2 is 2.40 bits per heavy atom. The zero-order chi connectivity index (χ0) is 6.97. The molecule has 0 N–H and O–H groups in total. The van der Waals surface area contributed by atoms with Crippen molar-refractivity contribution in [1.29, 1.82) is 0 Å². The van der Waals surface area contributed by atoms with E-state index in [1.165, 1.54) is 0 Å². The Hall–Kier alpha value is -1.03. The second-order valence-corrected chi connectivity index (χ2v) is 2.38. The highest BCUT2D eigenvalue weighted by Gasteiger charge is 1.95. The minimum atomic E-state index is 0.921. The smallest absolute Gasteiger partial charge is 0.106 e. The van der Waals surface area contributed by atoms with Crippen LogP contribution < -0.4 is 0 Å². The third-order valence-electron chi connectivity index (χ3n) is 1.33. The van der Waals surface area contributed by atoms with Crippen molar-refractivity contribution in [3.8, 4) is 0 Å². The number of rotatable bonds is 0. The van der Waals surface area contributed by atoms with Crippen molar-refractivity contribution in [3.05, 3.63) is 24.8 Å². The average Bonchev–Trinajstić information content (AvgIpc) is 2.34. The van der Waals surface area contributed by atoms with Gasteiger partial charge in [0.1, 0.15) is 6.33 Å². The molecule has 0 fully saturated rings. The summed E-state index contributed by atoms with van der Waals surface area (Å²) in [6.45, 7) is 0. The van der Waals surface area contributed by atoms with Crippen molar-refractivity contribution < 1.29 is 0 Å². The van der Waals surface area contributed by atoms with Gasteiger partial charge in [-0.3, -0.25) is 8.96 Å². The molecule has 10 heavy (non-hydrogen) atoms. The number of pyridine rings is 1. The van der Waals surface area contributed by atoms with Gasteiger partial charge in [-0.15, -0.1) is 0 Å². The monoisotopic (exact) mass is 151 g/mol. The Labute approximate surface area is 63.3 Å². The SMILES string of the molecule is Sn1cnc2ccncc21. The maximum absolute atomic E-state index is 4.12. The molecule has 0 atom stereocenters. The first-order chi connectivity index (χ1) is 4.88. The third-order valence-corrected chi connectivity index (χ3v) is 1.65. The number of thiol groups is 1. The lowest BCUT2D eigenvalue weighted by atomic mass is 10.4. The Morgan fingerprint density at radius 3 is 3.20 bits per heavy atom. The van der Waals surface area contributed by atoms with Crippen LogP contribution in [0, 0.1) is 0 Å². The molecule has 50 valence electrons. The lowest BCUT2D eigenvalue weighted by Gasteiger charge is -1.88. The molecular weight excluding hydrogens is 146 g/mol. The molecule has 0 bridgehead atoms. The molecule has 2 aromatic rings.